The summed E-state index contributed by atoms with van der Waals surface area (Å²) in [5.74, 6) is 0. The van der Waals surface area contributed by atoms with Crippen LogP contribution in [0.15, 0.2) is 29.6 Å². The van der Waals surface area contributed by atoms with Crippen LogP contribution in [0.5, 0.6) is 0 Å². The van der Waals surface area contributed by atoms with E-state index >= 15 is 0 Å². The molecule has 2 aromatic heterocycles. The van der Waals surface area contributed by atoms with E-state index in [0.29, 0.717) is 34.7 Å². The van der Waals surface area contributed by atoms with Crippen molar-refractivity contribution < 1.29 is 4.79 Å². The Morgan fingerprint density at radius 2 is 2.04 bits per heavy atom. The van der Waals surface area contributed by atoms with Crippen LogP contribution >= 0.6 is 34.3 Å². The number of hydrogen-bond donors (Lipinski definition) is 3. The van der Waals surface area contributed by atoms with E-state index in [1.807, 2.05) is 29.6 Å². The van der Waals surface area contributed by atoms with Gasteiger partial charge in [0.2, 0.25) is 5.13 Å². The van der Waals surface area contributed by atoms with Crippen molar-refractivity contribution in [3.63, 3.8) is 0 Å². The molecule has 2 heterocycles. The van der Waals surface area contributed by atoms with Gasteiger partial charge in [0.15, 0.2) is 5.13 Å². The lowest BCUT2D eigenvalue weighted by molar-refractivity contribution is 0.252. The summed E-state index contributed by atoms with van der Waals surface area (Å²) >= 11 is 8.59. The third-order valence-corrected chi connectivity index (χ3v) is 5.01. The number of carbonyl (C=O) groups is 1. The van der Waals surface area contributed by atoms with Gasteiger partial charge >= 0.3 is 6.03 Å². The van der Waals surface area contributed by atoms with E-state index in [1.165, 1.54) is 22.7 Å². The molecule has 7 nitrogen and oxygen atoms in total. The van der Waals surface area contributed by atoms with Gasteiger partial charge in [-0.25, -0.2) is 9.78 Å². The number of rotatable bonds is 6. The van der Waals surface area contributed by atoms with E-state index in [2.05, 4.69) is 25.8 Å². The maximum absolute atomic E-state index is 11.9. The summed E-state index contributed by atoms with van der Waals surface area (Å²) in [6.07, 6.45) is 1.27. The second-order valence-electron chi connectivity index (χ2n) is 5.11. The molecule has 0 saturated carbocycles. The first-order valence-electron chi connectivity index (χ1n) is 7.40. The van der Waals surface area contributed by atoms with Crippen LogP contribution in [0.2, 0.25) is 5.02 Å². The van der Waals surface area contributed by atoms with Crippen LogP contribution in [-0.2, 0) is 12.8 Å². The molecule has 0 spiro atoms. The Morgan fingerprint density at radius 1 is 1.24 bits per heavy atom. The van der Waals surface area contributed by atoms with Crippen LogP contribution in [0, 0.1) is 0 Å². The molecule has 0 bridgehead atoms. The molecule has 0 aliphatic heterocycles. The van der Waals surface area contributed by atoms with Gasteiger partial charge < -0.3 is 11.1 Å². The zero-order valence-corrected chi connectivity index (χ0v) is 15.4. The highest BCUT2D eigenvalue weighted by Crippen LogP contribution is 2.19. The quantitative estimate of drug-likeness (QED) is 0.595. The monoisotopic (exact) mass is 394 g/mol. The number of anilines is 2. The molecule has 130 valence electrons. The van der Waals surface area contributed by atoms with Crippen molar-refractivity contribution in [2.45, 2.75) is 12.8 Å². The maximum atomic E-state index is 11.9. The van der Waals surface area contributed by atoms with Crippen LogP contribution in [0.25, 0.3) is 0 Å². The minimum absolute atomic E-state index is 0.322. The Kier molecular flexibility index (Phi) is 5.79. The fourth-order valence-electron chi connectivity index (χ4n) is 2.04. The molecule has 0 aliphatic carbocycles. The molecular weight excluding hydrogens is 380 g/mol. The molecule has 1 aromatic carbocycles. The predicted molar refractivity (Wildman–Crippen MR) is 101 cm³/mol. The summed E-state index contributed by atoms with van der Waals surface area (Å²) in [6, 6.07) is 7.22. The van der Waals surface area contributed by atoms with Crippen LogP contribution < -0.4 is 16.4 Å². The van der Waals surface area contributed by atoms with E-state index in [0.717, 1.165) is 16.3 Å². The minimum Gasteiger partial charge on any atom is -0.375 e. The Hall–Kier alpha value is -2.23. The average molecular weight is 395 g/mol. The van der Waals surface area contributed by atoms with Crippen molar-refractivity contribution in [2.75, 3.05) is 17.6 Å². The van der Waals surface area contributed by atoms with Crippen molar-refractivity contribution >= 4 is 50.6 Å². The molecule has 25 heavy (non-hydrogen) atoms. The summed E-state index contributed by atoms with van der Waals surface area (Å²) in [6.45, 7) is 0.464. The van der Waals surface area contributed by atoms with Crippen LogP contribution in [0.1, 0.15) is 16.3 Å². The third kappa shape index (κ3) is 5.38. The first-order valence-corrected chi connectivity index (χ1v) is 9.47. The summed E-state index contributed by atoms with van der Waals surface area (Å²) in [4.78, 5) is 16.0. The van der Waals surface area contributed by atoms with Gasteiger partial charge in [-0.05, 0) is 17.7 Å². The lowest BCUT2D eigenvalue weighted by Gasteiger charge is -2.03. The number of carbonyl (C=O) groups excluding carboxylic acids is 1. The first kappa shape index (κ1) is 17.6. The Balaban J connectivity index is 1.45. The van der Waals surface area contributed by atoms with E-state index in [9.17, 15) is 4.79 Å². The number of aromatic nitrogens is 3. The van der Waals surface area contributed by atoms with Gasteiger partial charge in [0.25, 0.3) is 0 Å². The number of nitrogens with zero attached hydrogens (tertiary/aromatic N) is 3. The largest absolute Gasteiger partial charge is 0.375 e. The number of amides is 2. The van der Waals surface area contributed by atoms with Crippen molar-refractivity contribution in [3.8, 4) is 0 Å². The zero-order valence-electron chi connectivity index (χ0n) is 13.0. The lowest BCUT2D eigenvalue weighted by Crippen LogP contribution is -2.30. The molecule has 0 aliphatic rings. The number of urea groups is 1. The standard InChI is InChI=1S/C15H15ClN6OS2/c16-10-3-1-9(2-4-10)7-12-21-22-15(25-12)20-14(23)18-6-5-11-8-24-13(17)19-11/h1-4,8H,5-7H2,(H2,17,19)(H2,18,20,22,23). The summed E-state index contributed by atoms with van der Waals surface area (Å²) in [5.41, 5.74) is 7.51. The number of nitrogens with two attached hydrogens (primary N) is 1. The van der Waals surface area contributed by atoms with Gasteiger partial charge in [0, 0.05) is 29.8 Å². The Morgan fingerprint density at radius 3 is 2.76 bits per heavy atom. The van der Waals surface area contributed by atoms with Crippen molar-refractivity contribution in [1.29, 1.82) is 0 Å². The van der Waals surface area contributed by atoms with Crippen LogP contribution in [-0.4, -0.2) is 27.8 Å². The normalized spacial score (nSPS) is 10.6. The van der Waals surface area contributed by atoms with E-state index in [-0.39, 0.29) is 6.03 Å². The van der Waals surface area contributed by atoms with Gasteiger partial charge in [-0.2, -0.15) is 0 Å². The molecule has 3 aromatic rings. The van der Waals surface area contributed by atoms with Crippen LogP contribution in [0.4, 0.5) is 15.1 Å². The molecule has 3 rings (SSSR count). The summed E-state index contributed by atoms with van der Waals surface area (Å²) < 4.78 is 0. The molecule has 0 radical (unpaired) electrons. The van der Waals surface area contributed by atoms with Crippen molar-refractivity contribution in [1.82, 2.24) is 20.5 Å². The lowest BCUT2D eigenvalue weighted by atomic mass is 10.2. The SMILES string of the molecule is Nc1nc(CCNC(=O)Nc2nnc(Cc3ccc(Cl)cc3)s2)cs1. The van der Waals surface area contributed by atoms with E-state index in [1.54, 1.807) is 0 Å². The fraction of sp³-hybridized carbons (Fsp3) is 0.200. The number of nitrogen functional groups attached to an aromatic ring is 1. The fourth-order valence-corrected chi connectivity index (χ4v) is 3.53. The summed E-state index contributed by atoms with van der Waals surface area (Å²) in [5, 5.41) is 17.9. The molecule has 0 unspecified atom stereocenters. The molecule has 0 fully saturated rings. The molecular formula is C15H15ClN6OS2. The number of thiazole rings is 1. The van der Waals surface area contributed by atoms with Crippen molar-refractivity contribution in [2.24, 2.45) is 0 Å². The van der Waals surface area contributed by atoms with Crippen LogP contribution in [0.3, 0.4) is 0 Å². The van der Waals surface area contributed by atoms with E-state index in [4.69, 9.17) is 17.3 Å². The first-order chi connectivity index (χ1) is 12.1. The molecule has 4 N–H and O–H groups in total. The highest BCUT2D eigenvalue weighted by molar-refractivity contribution is 7.15. The molecule has 0 atom stereocenters. The van der Waals surface area contributed by atoms with Gasteiger partial charge in [-0.3, -0.25) is 5.32 Å². The number of benzene rings is 1. The second-order valence-corrected chi connectivity index (χ2v) is 7.50. The number of hydrogen-bond acceptors (Lipinski definition) is 7. The van der Waals surface area contributed by atoms with Crippen molar-refractivity contribution in [3.05, 3.63) is 50.9 Å². The zero-order chi connectivity index (χ0) is 17.6. The van der Waals surface area contributed by atoms with Gasteiger partial charge in [0.1, 0.15) is 5.01 Å². The Bertz CT molecular complexity index is 848. The minimum atomic E-state index is -0.322. The topological polar surface area (TPSA) is 106 Å². The van der Waals surface area contributed by atoms with Gasteiger partial charge in [-0.15, -0.1) is 21.5 Å². The Labute approximate surface area is 157 Å². The molecule has 10 heteroatoms. The third-order valence-electron chi connectivity index (χ3n) is 3.19. The van der Waals surface area contributed by atoms with Gasteiger partial charge in [-0.1, -0.05) is 35.1 Å². The maximum Gasteiger partial charge on any atom is 0.321 e. The molecule has 2 amide bonds. The number of halogens is 1. The van der Waals surface area contributed by atoms with E-state index < -0.39 is 0 Å². The highest BCUT2D eigenvalue weighted by Gasteiger charge is 2.09. The average Bonchev–Trinajstić information content (AvgIpc) is 3.19. The smallest absolute Gasteiger partial charge is 0.321 e. The summed E-state index contributed by atoms with van der Waals surface area (Å²) in [7, 11) is 0. The molecule has 0 saturated heterocycles. The number of nitrogens with one attached hydrogen (secondary N) is 2. The predicted octanol–water partition coefficient (Wildman–Crippen LogP) is 3.19. The second kappa shape index (κ2) is 8.24. The van der Waals surface area contributed by atoms with Gasteiger partial charge in [0.05, 0.1) is 5.69 Å². The highest BCUT2D eigenvalue weighted by atomic mass is 35.5.